The van der Waals surface area contributed by atoms with Crippen molar-refractivity contribution in [2.45, 2.75) is 19.4 Å². The lowest BCUT2D eigenvalue weighted by molar-refractivity contribution is -0.383. The Labute approximate surface area is 114 Å². The Morgan fingerprint density at radius 2 is 2.25 bits per heavy atom. The third-order valence-corrected chi connectivity index (χ3v) is 3.23. The molecule has 1 aromatic rings. The Morgan fingerprint density at radius 3 is 2.85 bits per heavy atom. The van der Waals surface area contributed by atoms with Crippen molar-refractivity contribution in [3.05, 3.63) is 16.4 Å². The average molecular weight is 281 g/mol. The summed E-state index contributed by atoms with van der Waals surface area (Å²) in [6.45, 7) is 4.13. The molecule has 108 valence electrons. The van der Waals surface area contributed by atoms with Gasteiger partial charge in [-0.1, -0.05) is 0 Å². The predicted molar refractivity (Wildman–Crippen MR) is 70.9 cm³/mol. The third-order valence-electron chi connectivity index (χ3n) is 3.23. The molecular formula is C10H15N7O3. The molecular weight excluding hydrogens is 266 g/mol. The zero-order valence-electron chi connectivity index (χ0n) is 11.1. The van der Waals surface area contributed by atoms with Gasteiger partial charge in [-0.05, 0) is 13.8 Å². The van der Waals surface area contributed by atoms with E-state index in [0.717, 1.165) is 0 Å². The van der Waals surface area contributed by atoms with E-state index < -0.39 is 10.5 Å². The van der Waals surface area contributed by atoms with Crippen molar-refractivity contribution >= 4 is 23.2 Å². The summed E-state index contributed by atoms with van der Waals surface area (Å²) < 4.78 is 0. The summed E-state index contributed by atoms with van der Waals surface area (Å²) in [6, 6.07) is 0. The summed E-state index contributed by atoms with van der Waals surface area (Å²) in [6.07, 6.45) is 1.17. The normalized spacial score (nSPS) is 17.6. The van der Waals surface area contributed by atoms with Crippen LogP contribution in [-0.4, -0.2) is 39.4 Å². The Morgan fingerprint density at radius 1 is 1.55 bits per heavy atom. The SMILES string of the molecule is CC1(C)C(=O)NCCN1c1ncnc(NN)c1[N+](=O)[O-]. The van der Waals surface area contributed by atoms with E-state index >= 15 is 0 Å². The van der Waals surface area contributed by atoms with Gasteiger partial charge in [0.25, 0.3) is 0 Å². The summed E-state index contributed by atoms with van der Waals surface area (Å²) in [5.41, 5.74) is 0.871. The van der Waals surface area contributed by atoms with Crippen LogP contribution in [0, 0.1) is 10.1 Å². The standard InChI is InChI=1S/C10H15N7O3/c1-10(2)9(18)12-3-4-16(10)8-6(17(19)20)7(15-11)13-5-14-8/h5H,3-4,11H2,1-2H3,(H,12,18)(H,13,14,15). The number of rotatable bonds is 3. The van der Waals surface area contributed by atoms with Crippen LogP contribution in [0.3, 0.4) is 0 Å². The number of nitro groups is 1. The second kappa shape index (κ2) is 4.89. The van der Waals surface area contributed by atoms with Crippen LogP contribution >= 0.6 is 0 Å². The van der Waals surface area contributed by atoms with E-state index in [0.29, 0.717) is 13.1 Å². The van der Waals surface area contributed by atoms with Gasteiger partial charge in [0.05, 0.1) is 4.92 Å². The van der Waals surface area contributed by atoms with E-state index in [-0.39, 0.29) is 23.2 Å². The quantitative estimate of drug-likeness (QED) is 0.378. The number of anilines is 2. The van der Waals surface area contributed by atoms with Crippen LogP contribution in [0.4, 0.5) is 17.3 Å². The number of hydrogen-bond acceptors (Lipinski definition) is 8. The molecule has 2 rings (SSSR count). The van der Waals surface area contributed by atoms with Gasteiger partial charge in [0, 0.05) is 13.1 Å². The van der Waals surface area contributed by atoms with Gasteiger partial charge in [0.1, 0.15) is 11.9 Å². The molecule has 1 aromatic heterocycles. The fraction of sp³-hybridized carbons (Fsp3) is 0.500. The van der Waals surface area contributed by atoms with Crippen molar-refractivity contribution in [2.75, 3.05) is 23.4 Å². The first-order chi connectivity index (χ1) is 9.39. The molecule has 1 aliphatic rings. The minimum atomic E-state index is -0.955. The Balaban J connectivity index is 2.57. The number of nitrogens with zero attached hydrogens (tertiary/aromatic N) is 4. The first kappa shape index (κ1) is 13.9. The van der Waals surface area contributed by atoms with Gasteiger partial charge < -0.3 is 15.6 Å². The van der Waals surface area contributed by atoms with Crippen LogP contribution in [-0.2, 0) is 4.79 Å². The van der Waals surface area contributed by atoms with Crippen LogP contribution in [0.1, 0.15) is 13.8 Å². The fourth-order valence-corrected chi connectivity index (χ4v) is 2.11. The number of carbonyl (C=O) groups excluding carboxylic acids is 1. The van der Waals surface area contributed by atoms with Crippen LogP contribution in [0.15, 0.2) is 6.33 Å². The van der Waals surface area contributed by atoms with Crippen molar-refractivity contribution in [1.82, 2.24) is 15.3 Å². The van der Waals surface area contributed by atoms with Gasteiger partial charge in [-0.25, -0.2) is 15.8 Å². The van der Waals surface area contributed by atoms with Crippen LogP contribution in [0.25, 0.3) is 0 Å². The highest BCUT2D eigenvalue weighted by Crippen LogP contribution is 2.35. The number of hydrogen-bond donors (Lipinski definition) is 3. The summed E-state index contributed by atoms with van der Waals surface area (Å²) >= 11 is 0. The van der Waals surface area contributed by atoms with E-state index in [4.69, 9.17) is 5.84 Å². The number of hydrazine groups is 1. The molecule has 0 aromatic carbocycles. The van der Waals surface area contributed by atoms with Gasteiger partial charge in [-0.3, -0.25) is 14.9 Å². The van der Waals surface area contributed by atoms with Crippen LogP contribution in [0.2, 0.25) is 0 Å². The van der Waals surface area contributed by atoms with Gasteiger partial charge in [-0.2, -0.15) is 0 Å². The summed E-state index contributed by atoms with van der Waals surface area (Å²) in [5.74, 6) is 4.99. The average Bonchev–Trinajstić information content (AvgIpc) is 2.40. The predicted octanol–water partition coefficient (Wildman–Crippen LogP) is -0.615. The number of nitrogens with two attached hydrogens (primary N) is 1. The molecule has 0 atom stereocenters. The molecule has 0 bridgehead atoms. The Bertz CT molecular complexity index is 560. The number of piperazine rings is 1. The highest BCUT2D eigenvalue weighted by atomic mass is 16.6. The molecule has 4 N–H and O–H groups in total. The van der Waals surface area contributed by atoms with Crippen molar-refractivity contribution in [1.29, 1.82) is 0 Å². The number of nitrogens with one attached hydrogen (secondary N) is 2. The summed E-state index contributed by atoms with van der Waals surface area (Å²) in [5, 5.41) is 14.0. The van der Waals surface area contributed by atoms with Crippen LogP contribution < -0.4 is 21.5 Å². The van der Waals surface area contributed by atoms with Crippen molar-refractivity contribution in [3.8, 4) is 0 Å². The van der Waals surface area contributed by atoms with Crippen molar-refractivity contribution in [3.63, 3.8) is 0 Å². The third kappa shape index (κ3) is 2.09. The molecule has 10 nitrogen and oxygen atoms in total. The van der Waals surface area contributed by atoms with Gasteiger partial charge in [-0.15, -0.1) is 0 Å². The van der Waals surface area contributed by atoms with E-state index in [1.54, 1.807) is 18.7 Å². The smallest absolute Gasteiger partial charge is 0.352 e. The fourth-order valence-electron chi connectivity index (χ4n) is 2.11. The number of aromatic nitrogens is 2. The molecule has 10 heteroatoms. The van der Waals surface area contributed by atoms with Gasteiger partial charge >= 0.3 is 5.69 Å². The molecule has 0 unspecified atom stereocenters. The number of nitrogen functional groups attached to an aromatic ring is 1. The Kier molecular flexibility index (Phi) is 3.40. The number of carbonyl (C=O) groups is 1. The van der Waals surface area contributed by atoms with E-state index in [2.05, 4.69) is 20.7 Å². The zero-order valence-corrected chi connectivity index (χ0v) is 11.1. The second-order valence-corrected chi connectivity index (χ2v) is 4.76. The van der Waals surface area contributed by atoms with E-state index in [9.17, 15) is 14.9 Å². The first-order valence-electron chi connectivity index (χ1n) is 5.91. The largest absolute Gasteiger partial charge is 0.354 e. The van der Waals surface area contributed by atoms with Crippen LogP contribution in [0.5, 0.6) is 0 Å². The Hall–Kier alpha value is -2.49. The molecule has 2 heterocycles. The maximum Gasteiger partial charge on any atom is 0.354 e. The second-order valence-electron chi connectivity index (χ2n) is 4.76. The summed E-state index contributed by atoms with van der Waals surface area (Å²) in [4.78, 5) is 31.8. The highest BCUT2D eigenvalue weighted by molar-refractivity contribution is 5.91. The minimum absolute atomic E-state index is 0.0674. The van der Waals surface area contributed by atoms with Crippen molar-refractivity contribution in [2.24, 2.45) is 5.84 Å². The van der Waals surface area contributed by atoms with E-state index in [1.807, 2.05) is 0 Å². The molecule has 0 aliphatic carbocycles. The van der Waals surface area contributed by atoms with E-state index in [1.165, 1.54) is 6.33 Å². The van der Waals surface area contributed by atoms with Crippen molar-refractivity contribution < 1.29 is 9.72 Å². The molecule has 1 fully saturated rings. The molecule has 1 aliphatic heterocycles. The monoisotopic (exact) mass is 281 g/mol. The number of amides is 1. The molecule has 0 radical (unpaired) electrons. The molecule has 20 heavy (non-hydrogen) atoms. The maximum atomic E-state index is 11.9. The highest BCUT2D eigenvalue weighted by Gasteiger charge is 2.42. The lowest BCUT2D eigenvalue weighted by atomic mass is 9.99. The first-order valence-corrected chi connectivity index (χ1v) is 5.91. The topological polar surface area (TPSA) is 139 Å². The molecule has 1 saturated heterocycles. The summed E-state index contributed by atoms with van der Waals surface area (Å²) in [7, 11) is 0. The minimum Gasteiger partial charge on any atom is -0.352 e. The van der Waals surface area contributed by atoms with Gasteiger partial charge in [0.15, 0.2) is 0 Å². The van der Waals surface area contributed by atoms with Gasteiger partial charge in [0.2, 0.25) is 17.5 Å². The molecule has 1 amide bonds. The molecule has 0 saturated carbocycles. The maximum absolute atomic E-state index is 11.9. The lowest BCUT2D eigenvalue weighted by Crippen LogP contribution is -2.62. The lowest BCUT2D eigenvalue weighted by Gasteiger charge is -2.41. The molecule has 0 spiro atoms. The zero-order chi connectivity index (χ0) is 14.9.